The molecule has 4 aromatic rings. The third-order valence-electron chi connectivity index (χ3n) is 6.01. The topological polar surface area (TPSA) is 50.7 Å². The molecule has 5 rings (SSSR count). The van der Waals surface area contributed by atoms with Gasteiger partial charge in [-0.05, 0) is 79.3 Å². The molecular weight excluding hydrogens is 495 g/mol. The third kappa shape index (κ3) is 5.66. The van der Waals surface area contributed by atoms with E-state index in [1.54, 1.807) is 47.9 Å². The first kappa shape index (κ1) is 24.2. The fraction of sp³-hybridized carbons (Fsp3) is 0.172. The number of ether oxygens (including phenoxy) is 1. The smallest absolute Gasteiger partial charge is 0.259 e. The number of hydrogen-bond acceptors (Lipinski definition) is 4. The summed E-state index contributed by atoms with van der Waals surface area (Å²) in [5.74, 6) is 0.166. The first-order valence-corrected chi connectivity index (χ1v) is 13.0. The molecule has 0 radical (unpaired) electrons. The molecule has 4 nitrogen and oxygen atoms in total. The van der Waals surface area contributed by atoms with Gasteiger partial charge in [-0.2, -0.15) is 0 Å². The number of carbonyl (C=O) groups excluding carboxylic acids is 1. The van der Waals surface area contributed by atoms with E-state index >= 15 is 0 Å². The van der Waals surface area contributed by atoms with Crippen LogP contribution in [0.1, 0.15) is 44.8 Å². The van der Waals surface area contributed by atoms with Crippen LogP contribution in [0.5, 0.6) is 5.75 Å². The molecule has 1 aliphatic carbocycles. The molecule has 0 unspecified atom stereocenters. The fourth-order valence-corrected chi connectivity index (χ4v) is 5.62. The summed E-state index contributed by atoms with van der Waals surface area (Å²) in [7, 11) is 0. The van der Waals surface area contributed by atoms with Gasteiger partial charge < -0.3 is 10.1 Å². The predicted octanol–water partition coefficient (Wildman–Crippen LogP) is 8.00. The van der Waals surface area contributed by atoms with Crippen molar-refractivity contribution in [2.24, 2.45) is 4.99 Å². The lowest BCUT2D eigenvalue weighted by Gasteiger charge is -2.13. The monoisotopic (exact) mass is 518 g/mol. The van der Waals surface area contributed by atoms with E-state index in [1.807, 2.05) is 30.3 Å². The summed E-state index contributed by atoms with van der Waals surface area (Å²) >= 11 is 7.84. The Bertz CT molecular complexity index is 1400. The van der Waals surface area contributed by atoms with Gasteiger partial charge in [-0.3, -0.25) is 4.79 Å². The van der Waals surface area contributed by atoms with Crippen molar-refractivity contribution in [1.82, 2.24) is 0 Å². The zero-order valence-corrected chi connectivity index (χ0v) is 21.0. The second-order valence-electron chi connectivity index (χ2n) is 8.57. The minimum absolute atomic E-state index is 0.147. The maximum Gasteiger partial charge on any atom is 0.259 e. The van der Waals surface area contributed by atoms with Gasteiger partial charge in [-0.15, -0.1) is 11.3 Å². The van der Waals surface area contributed by atoms with Crippen LogP contribution in [0.3, 0.4) is 0 Å². The van der Waals surface area contributed by atoms with Crippen LogP contribution in [-0.4, -0.2) is 12.1 Å². The van der Waals surface area contributed by atoms with E-state index in [0.29, 0.717) is 26.9 Å². The Balaban J connectivity index is 1.43. The molecule has 182 valence electrons. The summed E-state index contributed by atoms with van der Waals surface area (Å²) in [5.41, 5.74) is 4.04. The second-order valence-corrected chi connectivity index (χ2v) is 10.1. The van der Waals surface area contributed by atoms with Gasteiger partial charge in [0.05, 0.1) is 5.56 Å². The molecule has 0 spiro atoms. The van der Waals surface area contributed by atoms with Crippen LogP contribution in [0, 0.1) is 5.82 Å². The van der Waals surface area contributed by atoms with E-state index < -0.39 is 0 Å². The number of aliphatic imine (C=N–C) groups is 1. The van der Waals surface area contributed by atoms with E-state index in [9.17, 15) is 9.18 Å². The largest absolute Gasteiger partial charge is 0.488 e. The predicted molar refractivity (Wildman–Crippen MR) is 145 cm³/mol. The molecule has 1 aromatic heterocycles. The van der Waals surface area contributed by atoms with Gasteiger partial charge in [0.25, 0.3) is 5.91 Å². The van der Waals surface area contributed by atoms with Crippen molar-refractivity contribution in [2.45, 2.75) is 32.3 Å². The minimum Gasteiger partial charge on any atom is -0.488 e. The number of fused-ring (bicyclic) bond motifs is 1. The normalized spacial score (nSPS) is 12.9. The minimum atomic E-state index is -0.288. The highest BCUT2D eigenvalue weighted by molar-refractivity contribution is 7.16. The lowest BCUT2D eigenvalue weighted by atomic mass is 9.95. The molecule has 0 aliphatic heterocycles. The van der Waals surface area contributed by atoms with Crippen LogP contribution in [0.2, 0.25) is 5.02 Å². The average Bonchev–Trinajstić information content (AvgIpc) is 3.27. The van der Waals surface area contributed by atoms with E-state index in [2.05, 4.69) is 5.32 Å². The number of nitrogens with one attached hydrogen (secondary N) is 1. The van der Waals surface area contributed by atoms with Gasteiger partial charge >= 0.3 is 0 Å². The first-order chi connectivity index (χ1) is 17.6. The molecular formula is C29H24ClFN2O2S. The number of anilines is 1. The number of amides is 1. The number of thiophene rings is 1. The summed E-state index contributed by atoms with van der Waals surface area (Å²) < 4.78 is 19.2. The number of aryl methyl sites for hydroxylation is 1. The molecule has 1 heterocycles. The highest BCUT2D eigenvalue weighted by Gasteiger charge is 2.25. The molecule has 36 heavy (non-hydrogen) atoms. The fourth-order valence-electron chi connectivity index (χ4n) is 4.21. The molecule has 0 saturated heterocycles. The van der Waals surface area contributed by atoms with Crippen molar-refractivity contribution in [1.29, 1.82) is 0 Å². The van der Waals surface area contributed by atoms with Crippen molar-refractivity contribution in [2.75, 3.05) is 5.32 Å². The van der Waals surface area contributed by atoms with Crippen LogP contribution < -0.4 is 10.1 Å². The van der Waals surface area contributed by atoms with Gasteiger partial charge in [0.15, 0.2) is 0 Å². The number of benzene rings is 3. The summed E-state index contributed by atoms with van der Waals surface area (Å²) in [6, 6.07) is 21.0. The Labute approximate surface area is 218 Å². The van der Waals surface area contributed by atoms with Gasteiger partial charge in [-0.25, -0.2) is 9.38 Å². The van der Waals surface area contributed by atoms with Crippen molar-refractivity contribution < 1.29 is 13.9 Å². The van der Waals surface area contributed by atoms with Crippen LogP contribution in [-0.2, 0) is 19.4 Å². The van der Waals surface area contributed by atoms with Crippen LogP contribution in [0.15, 0.2) is 77.8 Å². The standard InChI is InChI=1S/C29H24ClFN2O2S/c30-21-12-15-25(35-18-19-10-13-22(31)14-11-19)20(16-21)17-32-29-27(24-8-4-5-9-26(24)36-29)28(34)33-23-6-2-1-3-7-23/h1-3,6-7,10-17H,4-5,8-9,18H2,(H,33,34). The summed E-state index contributed by atoms with van der Waals surface area (Å²) in [5, 5.41) is 4.25. The first-order valence-electron chi connectivity index (χ1n) is 11.8. The van der Waals surface area contributed by atoms with Crippen molar-refractivity contribution >= 4 is 45.7 Å². The summed E-state index contributed by atoms with van der Waals surface area (Å²) in [6.45, 7) is 0.279. The van der Waals surface area contributed by atoms with E-state index in [0.717, 1.165) is 42.5 Å². The van der Waals surface area contributed by atoms with E-state index in [4.69, 9.17) is 21.3 Å². The van der Waals surface area contributed by atoms with Crippen LogP contribution in [0.4, 0.5) is 15.1 Å². The SMILES string of the molecule is O=C(Nc1ccccc1)c1c(N=Cc2cc(Cl)ccc2OCc2ccc(F)cc2)sc2c1CCCC2. The number of rotatable bonds is 7. The maximum atomic E-state index is 13.3. The number of nitrogens with zero attached hydrogens (tertiary/aromatic N) is 1. The number of para-hydroxylation sites is 1. The zero-order chi connectivity index (χ0) is 24.9. The highest BCUT2D eigenvalue weighted by Crippen LogP contribution is 2.40. The Morgan fingerprint density at radius 2 is 1.83 bits per heavy atom. The Morgan fingerprint density at radius 1 is 1.06 bits per heavy atom. The van der Waals surface area contributed by atoms with Gasteiger partial charge in [0.2, 0.25) is 0 Å². The lowest BCUT2D eigenvalue weighted by molar-refractivity contribution is 0.102. The van der Waals surface area contributed by atoms with Gasteiger partial charge in [0, 0.05) is 27.4 Å². The van der Waals surface area contributed by atoms with Crippen LogP contribution >= 0.6 is 22.9 Å². The maximum absolute atomic E-state index is 13.3. The quantitative estimate of drug-likeness (QED) is 0.252. The Hall–Kier alpha value is -3.48. The third-order valence-corrected chi connectivity index (χ3v) is 7.45. The highest BCUT2D eigenvalue weighted by atomic mass is 35.5. The summed E-state index contributed by atoms with van der Waals surface area (Å²) in [4.78, 5) is 19.3. The Morgan fingerprint density at radius 3 is 2.64 bits per heavy atom. The van der Waals surface area contributed by atoms with Gasteiger partial charge in [0.1, 0.15) is 23.2 Å². The average molecular weight is 519 g/mol. The number of hydrogen-bond donors (Lipinski definition) is 1. The zero-order valence-electron chi connectivity index (χ0n) is 19.5. The second kappa shape index (κ2) is 11.1. The van der Waals surface area contributed by atoms with Crippen molar-refractivity contribution in [3.63, 3.8) is 0 Å². The van der Waals surface area contributed by atoms with Crippen molar-refractivity contribution in [3.8, 4) is 5.75 Å². The molecule has 0 bridgehead atoms. The molecule has 1 aliphatic rings. The van der Waals surface area contributed by atoms with E-state index in [1.165, 1.54) is 17.0 Å². The summed E-state index contributed by atoms with van der Waals surface area (Å²) in [6.07, 6.45) is 5.72. The van der Waals surface area contributed by atoms with Gasteiger partial charge in [-0.1, -0.05) is 41.9 Å². The van der Waals surface area contributed by atoms with E-state index in [-0.39, 0.29) is 18.3 Å². The molecule has 3 aromatic carbocycles. The molecule has 0 fully saturated rings. The van der Waals surface area contributed by atoms with Crippen molar-refractivity contribution in [3.05, 3.63) is 111 Å². The molecule has 1 amide bonds. The molecule has 0 atom stereocenters. The molecule has 1 N–H and O–H groups in total. The lowest BCUT2D eigenvalue weighted by Crippen LogP contribution is -2.14. The number of carbonyl (C=O) groups is 1. The number of halogens is 2. The Kier molecular flexibility index (Phi) is 7.44. The molecule has 7 heteroatoms. The van der Waals surface area contributed by atoms with Crippen LogP contribution in [0.25, 0.3) is 0 Å². The molecule has 0 saturated carbocycles.